The summed E-state index contributed by atoms with van der Waals surface area (Å²) in [5, 5.41) is 0. The molecule has 0 amide bonds. The van der Waals surface area contributed by atoms with Crippen LogP contribution in [0.25, 0.3) is 0 Å². The molecule has 0 saturated carbocycles. The van der Waals surface area contributed by atoms with Gasteiger partial charge in [-0.05, 0) is 18.2 Å². The minimum Gasteiger partial charge on any atom is -0.493 e. The number of anilines is 1. The van der Waals surface area contributed by atoms with Gasteiger partial charge in [0, 0.05) is 37.8 Å². The standard InChI is InChI=1S/C11H16N2O/c1-13(2)8-3-4-11-9(7-8)10(12)5-6-14-11/h3-4,7,10H,5-6,12H2,1-2H3/t10-/m1/s1. The smallest absolute Gasteiger partial charge is 0.124 e. The highest BCUT2D eigenvalue weighted by Gasteiger charge is 2.18. The highest BCUT2D eigenvalue weighted by molar-refractivity contribution is 5.53. The lowest BCUT2D eigenvalue weighted by molar-refractivity contribution is 0.269. The van der Waals surface area contributed by atoms with Crippen LogP contribution >= 0.6 is 0 Å². The van der Waals surface area contributed by atoms with Gasteiger partial charge in [-0.3, -0.25) is 0 Å². The Morgan fingerprint density at radius 2 is 2.21 bits per heavy atom. The van der Waals surface area contributed by atoms with E-state index in [2.05, 4.69) is 17.0 Å². The first kappa shape index (κ1) is 9.34. The maximum absolute atomic E-state index is 6.02. The van der Waals surface area contributed by atoms with Crippen LogP contribution in [-0.2, 0) is 0 Å². The van der Waals surface area contributed by atoms with Gasteiger partial charge in [0.2, 0.25) is 0 Å². The molecule has 3 nitrogen and oxygen atoms in total. The number of benzene rings is 1. The van der Waals surface area contributed by atoms with Crippen LogP contribution < -0.4 is 15.4 Å². The fourth-order valence-electron chi connectivity index (χ4n) is 1.69. The van der Waals surface area contributed by atoms with Crippen LogP contribution in [0.3, 0.4) is 0 Å². The van der Waals surface area contributed by atoms with E-state index >= 15 is 0 Å². The number of nitrogens with two attached hydrogens (primary N) is 1. The Labute approximate surface area is 84.5 Å². The van der Waals surface area contributed by atoms with Crippen LogP contribution in [0.1, 0.15) is 18.0 Å². The van der Waals surface area contributed by atoms with Gasteiger partial charge < -0.3 is 15.4 Å². The van der Waals surface area contributed by atoms with Crippen molar-refractivity contribution in [1.29, 1.82) is 0 Å². The van der Waals surface area contributed by atoms with Gasteiger partial charge in [0.1, 0.15) is 5.75 Å². The number of rotatable bonds is 1. The molecule has 1 aromatic carbocycles. The average Bonchev–Trinajstić information content (AvgIpc) is 2.18. The van der Waals surface area contributed by atoms with Gasteiger partial charge in [-0.15, -0.1) is 0 Å². The van der Waals surface area contributed by atoms with Crippen molar-refractivity contribution in [2.24, 2.45) is 5.73 Å². The average molecular weight is 192 g/mol. The summed E-state index contributed by atoms with van der Waals surface area (Å²) in [6, 6.07) is 6.29. The topological polar surface area (TPSA) is 38.5 Å². The molecule has 1 aromatic rings. The first-order chi connectivity index (χ1) is 6.68. The van der Waals surface area contributed by atoms with Gasteiger partial charge in [-0.1, -0.05) is 0 Å². The summed E-state index contributed by atoms with van der Waals surface area (Å²) in [5.41, 5.74) is 8.32. The lowest BCUT2D eigenvalue weighted by Crippen LogP contribution is -2.21. The van der Waals surface area contributed by atoms with Crippen LogP contribution in [0.2, 0.25) is 0 Å². The van der Waals surface area contributed by atoms with E-state index < -0.39 is 0 Å². The molecule has 1 heterocycles. The quantitative estimate of drug-likeness (QED) is 0.733. The normalized spacial score (nSPS) is 19.8. The number of fused-ring (bicyclic) bond motifs is 1. The molecular formula is C11H16N2O. The third-order valence-electron chi connectivity index (χ3n) is 2.60. The molecule has 0 aliphatic carbocycles. The molecule has 14 heavy (non-hydrogen) atoms. The zero-order valence-corrected chi connectivity index (χ0v) is 8.66. The van der Waals surface area contributed by atoms with E-state index in [-0.39, 0.29) is 6.04 Å². The summed E-state index contributed by atoms with van der Waals surface area (Å²) in [7, 11) is 4.05. The molecule has 0 aromatic heterocycles. The number of hydrogen-bond acceptors (Lipinski definition) is 3. The molecule has 1 aliphatic rings. The fourth-order valence-corrected chi connectivity index (χ4v) is 1.69. The second kappa shape index (κ2) is 3.50. The first-order valence-corrected chi connectivity index (χ1v) is 4.88. The molecule has 0 fully saturated rings. The van der Waals surface area contributed by atoms with Crippen molar-refractivity contribution < 1.29 is 4.74 Å². The Morgan fingerprint density at radius 3 is 2.93 bits per heavy atom. The minimum atomic E-state index is 0.124. The van der Waals surface area contributed by atoms with Crippen molar-refractivity contribution in [2.45, 2.75) is 12.5 Å². The van der Waals surface area contributed by atoms with Gasteiger partial charge in [0.05, 0.1) is 6.61 Å². The summed E-state index contributed by atoms with van der Waals surface area (Å²) in [4.78, 5) is 2.07. The van der Waals surface area contributed by atoms with Crippen molar-refractivity contribution in [3.8, 4) is 5.75 Å². The van der Waals surface area contributed by atoms with E-state index in [1.807, 2.05) is 20.2 Å². The Hall–Kier alpha value is -1.22. The molecule has 2 N–H and O–H groups in total. The van der Waals surface area contributed by atoms with Crippen molar-refractivity contribution in [2.75, 3.05) is 25.6 Å². The van der Waals surface area contributed by atoms with E-state index in [0.717, 1.165) is 24.3 Å². The van der Waals surface area contributed by atoms with Gasteiger partial charge >= 0.3 is 0 Å². The summed E-state index contributed by atoms with van der Waals surface area (Å²) >= 11 is 0. The Kier molecular flexibility index (Phi) is 2.33. The molecule has 76 valence electrons. The van der Waals surface area contributed by atoms with Crippen LogP contribution in [-0.4, -0.2) is 20.7 Å². The van der Waals surface area contributed by atoms with Gasteiger partial charge in [0.15, 0.2) is 0 Å². The predicted molar refractivity (Wildman–Crippen MR) is 57.8 cm³/mol. The SMILES string of the molecule is CN(C)c1ccc2c(c1)[C@H](N)CCO2. The Balaban J connectivity index is 2.41. The van der Waals surface area contributed by atoms with Gasteiger partial charge in [0.25, 0.3) is 0 Å². The molecule has 0 unspecified atom stereocenters. The molecule has 0 bridgehead atoms. The molecule has 3 heteroatoms. The zero-order valence-electron chi connectivity index (χ0n) is 8.66. The molecule has 0 radical (unpaired) electrons. The third-order valence-corrected chi connectivity index (χ3v) is 2.60. The van der Waals surface area contributed by atoms with Crippen molar-refractivity contribution in [1.82, 2.24) is 0 Å². The van der Waals surface area contributed by atoms with E-state index in [1.165, 1.54) is 5.69 Å². The summed E-state index contributed by atoms with van der Waals surface area (Å²) < 4.78 is 5.53. The highest BCUT2D eigenvalue weighted by Crippen LogP contribution is 2.33. The van der Waals surface area contributed by atoms with Crippen LogP contribution in [0.5, 0.6) is 5.75 Å². The first-order valence-electron chi connectivity index (χ1n) is 4.88. The number of hydrogen-bond donors (Lipinski definition) is 1. The van der Waals surface area contributed by atoms with E-state index in [1.54, 1.807) is 0 Å². The Bertz CT molecular complexity index is 336. The molecule has 2 rings (SSSR count). The second-order valence-electron chi connectivity index (χ2n) is 3.86. The van der Waals surface area contributed by atoms with Crippen molar-refractivity contribution in [3.05, 3.63) is 23.8 Å². The Morgan fingerprint density at radius 1 is 1.43 bits per heavy atom. The second-order valence-corrected chi connectivity index (χ2v) is 3.86. The van der Waals surface area contributed by atoms with Crippen LogP contribution in [0.15, 0.2) is 18.2 Å². The lowest BCUT2D eigenvalue weighted by Gasteiger charge is -2.24. The molecule has 0 saturated heterocycles. The lowest BCUT2D eigenvalue weighted by atomic mass is 10.0. The van der Waals surface area contributed by atoms with E-state index in [9.17, 15) is 0 Å². The van der Waals surface area contributed by atoms with Crippen LogP contribution in [0, 0.1) is 0 Å². The van der Waals surface area contributed by atoms with Crippen molar-refractivity contribution in [3.63, 3.8) is 0 Å². The van der Waals surface area contributed by atoms with Gasteiger partial charge in [-0.2, -0.15) is 0 Å². The molecule has 1 atom stereocenters. The summed E-state index contributed by atoms with van der Waals surface area (Å²) in [6.45, 7) is 0.732. The number of nitrogens with zero attached hydrogens (tertiary/aromatic N) is 1. The zero-order chi connectivity index (χ0) is 10.1. The summed E-state index contributed by atoms with van der Waals surface area (Å²) in [5.74, 6) is 0.939. The molecule has 1 aliphatic heterocycles. The van der Waals surface area contributed by atoms with Crippen molar-refractivity contribution >= 4 is 5.69 Å². The third kappa shape index (κ3) is 1.55. The maximum Gasteiger partial charge on any atom is 0.124 e. The minimum absolute atomic E-state index is 0.124. The predicted octanol–water partition coefficient (Wildman–Crippen LogP) is 1.53. The van der Waals surface area contributed by atoms with Crippen LogP contribution in [0.4, 0.5) is 5.69 Å². The molecule has 0 spiro atoms. The van der Waals surface area contributed by atoms with Gasteiger partial charge in [-0.25, -0.2) is 0 Å². The highest BCUT2D eigenvalue weighted by atomic mass is 16.5. The maximum atomic E-state index is 6.02. The summed E-state index contributed by atoms with van der Waals surface area (Å²) in [6.07, 6.45) is 0.907. The molecular weight excluding hydrogens is 176 g/mol. The number of ether oxygens (including phenoxy) is 1. The van der Waals surface area contributed by atoms with E-state index in [0.29, 0.717) is 0 Å². The largest absolute Gasteiger partial charge is 0.493 e. The monoisotopic (exact) mass is 192 g/mol. The fraction of sp³-hybridized carbons (Fsp3) is 0.455. The van der Waals surface area contributed by atoms with E-state index in [4.69, 9.17) is 10.5 Å².